The van der Waals surface area contributed by atoms with Crippen LogP contribution in [0.4, 0.5) is 4.79 Å². The van der Waals surface area contributed by atoms with Gasteiger partial charge in [0.25, 0.3) is 0 Å². The lowest BCUT2D eigenvalue weighted by molar-refractivity contribution is -0.136. The number of fused-ring (bicyclic) bond motifs is 1. The van der Waals surface area contributed by atoms with E-state index >= 15 is 0 Å². The number of hydrogen-bond acceptors (Lipinski definition) is 2. The maximum Gasteiger partial charge on any atom is 0.319 e. The molecule has 0 spiro atoms. The van der Waals surface area contributed by atoms with Crippen molar-refractivity contribution in [3.8, 4) is 0 Å². The molecule has 0 bridgehead atoms. The Morgan fingerprint density at radius 1 is 0.917 bits per heavy atom. The molecule has 0 aliphatic carbocycles. The van der Waals surface area contributed by atoms with Gasteiger partial charge in [0.15, 0.2) is 0 Å². The van der Waals surface area contributed by atoms with Gasteiger partial charge in [-0.3, -0.25) is 4.79 Å². The number of likely N-dealkylation sites (tertiary alicyclic amines) is 1. The highest BCUT2D eigenvalue weighted by molar-refractivity contribution is 5.80. The zero-order chi connectivity index (χ0) is 17.1. The van der Waals surface area contributed by atoms with Crippen molar-refractivity contribution < 1.29 is 9.59 Å². The summed E-state index contributed by atoms with van der Waals surface area (Å²) in [4.78, 5) is 30.4. The second-order valence-electron chi connectivity index (χ2n) is 7.03. The molecular weight excluding hydrogens is 302 g/mol. The van der Waals surface area contributed by atoms with E-state index in [0.29, 0.717) is 13.1 Å². The average Bonchev–Trinajstić information content (AvgIpc) is 2.83. The molecule has 24 heavy (non-hydrogen) atoms. The zero-order valence-electron chi connectivity index (χ0n) is 14.7. The zero-order valence-corrected chi connectivity index (χ0v) is 14.7. The summed E-state index contributed by atoms with van der Waals surface area (Å²) in [5.41, 5.74) is 2.75. The number of amides is 3. The Kier molecular flexibility index (Phi) is 5.07. The first-order chi connectivity index (χ1) is 11.6. The van der Waals surface area contributed by atoms with Crippen LogP contribution in [0.2, 0.25) is 0 Å². The van der Waals surface area contributed by atoms with Crippen molar-refractivity contribution in [1.29, 1.82) is 0 Å². The van der Waals surface area contributed by atoms with E-state index in [1.807, 2.05) is 9.80 Å². The number of urea groups is 1. The Bertz CT molecular complexity index is 579. The highest BCUT2D eigenvalue weighted by Crippen LogP contribution is 2.23. The average molecular weight is 329 g/mol. The molecule has 3 amide bonds. The lowest BCUT2D eigenvalue weighted by Crippen LogP contribution is -2.47. The molecule has 5 nitrogen and oxygen atoms in total. The Morgan fingerprint density at radius 3 is 1.96 bits per heavy atom. The Labute approximate surface area is 144 Å². The molecule has 0 atom stereocenters. The van der Waals surface area contributed by atoms with Crippen LogP contribution in [0.5, 0.6) is 0 Å². The summed E-state index contributed by atoms with van der Waals surface area (Å²) in [6.07, 6.45) is 3.45. The summed E-state index contributed by atoms with van der Waals surface area (Å²) in [5, 5.41) is 0. The fourth-order valence-corrected chi connectivity index (χ4v) is 3.75. The molecule has 2 aliphatic rings. The molecule has 1 fully saturated rings. The summed E-state index contributed by atoms with van der Waals surface area (Å²) in [6, 6.07) is 8.55. The monoisotopic (exact) mass is 329 g/mol. The van der Waals surface area contributed by atoms with Crippen LogP contribution in [0.15, 0.2) is 24.3 Å². The maximum atomic E-state index is 12.9. The lowest BCUT2D eigenvalue weighted by atomic mass is 9.95. The molecule has 0 saturated carbocycles. The van der Waals surface area contributed by atoms with Gasteiger partial charge in [0.2, 0.25) is 5.91 Å². The fraction of sp³-hybridized carbons (Fsp3) is 0.579. The van der Waals surface area contributed by atoms with Crippen LogP contribution < -0.4 is 0 Å². The van der Waals surface area contributed by atoms with Gasteiger partial charge in [0, 0.05) is 46.2 Å². The molecule has 130 valence electrons. The highest BCUT2D eigenvalue weighted by atomic mass is 16.2. The van der Waals surface area contributed by atoms with E-state index in [0.717, 1.165) is 38.8 Å². The third kappa shape index (κ3) is 3.55. The molecule has 5 heteroatoms. The summed E-state index contributed by atoms with van der Waals surface area (Å²) in [5.74, 6) is 0.345. The van der Waals surface area contributed by atoms with Gasteiger partial charge in [0.1, 0.15) is 0 Å². The third-order valence-electron chi connectivity index (χ3n) is 5.23. The van der Waals surface area contributed by atoms with Crippen molar-refractivity contribution in [1.82, 2.24) is 14.7 Å². The summed E-state index contributed by atoms with van der Waals surface area (Å²) in [7, 11) is 3.54. The fourth-order valence-electron chi connectivity index (χ4n) is 3.75. The summed E-state index contributed by atoms with van der Waals surface area (Å²) in [6.45, 7) is 2.99. The van der Waals surface area contributed by atoms with Crippen LogP contribution >= 0.6 is 0 Å². The second kappa shape index (κ2) is 7.24. The van der Waals surface area contributed by atoms with E-state index in [-0.39, 0.29) is 17.9 Å². The number of hydrogen-bond donors (Lipinski definition) is 0. The molecular formula is C19H27N3O2. The standard InChI is InChI=1S/C19H27N3O2/c1-20(2)19(24)22-13-9-17(10-14-22)18(23)21-11-7-15-5-3-4-6-16(15)8-12-21/h3-6,17H,7-14H2,1-2H3. The SMILES string of the molecule is CN(C)C(=O)N1CCC(C(=O)N2CCc3ccccc3CC2)CC1. The number of benzene rings is 1. The van der Waals surface area contributed by atoms with Crippen LogP contribution in [0.25, 0.3) is 0 Å². The van der Waals surface area contributed by atoms with Gasteiger partial charge < -0.3 is 14.7 Å². The molecule has 2 heterocycles. The largest absolute Gasteiger partial charge is 0.342 e. The van der Waals surface area contributed by atoms with Crippen LogP contribution in [-0.2, 0) is 17.6 Å². The van der Waals surface area contributed by atoms with E-state index in [1.165, 1.54) is 11.1 Å². The molecule has 0 aromatic heterocycles. The van der Waals surface area contributed by atoms with Crippen molar-refractivity contribution in [2.45, 2.75) is 25.7 Å². The predicted molar refractivity (Wildman–Crippen MR) is 93.8 cm³/mol. The molecule has 3 rings (SSSR count). The number of piperidine rings is 1. The van der Waals surface area contributed by atoms with Gasteiger partial charge in [-0.15, -0.1) is 0 Å². The number of carbonyl (C=O) groups is 2. The van der Waals surface area contributed by atoms with E-state index in [2.05, 4.69) is 24.3 Å². The van der Waals surface area contributed by atoms with Crippen molar-refractivity contribution in [3.63, 3.8) is 0 Å². The molecule has 1 aromatic carbocycles. The minimum atomic E-state index is 0.0473. The first kappa shape index (κ1) is 16.8. The maximum absolute atomic E-state index is 12.9. The molecule has 0 radical (unpaired) electrons. The Morgan fingerprint density at radius 2 is 1.46 bits per heavy atom. The van der Waals surface area contributed by atoms with Gasteiger partial charge in [-0.1, -0.05) is 24.3 Å². The summed E-state index contributed by atoms with van der Waals surface area (Å²) < 4.78 is 0. The summed E-state index contributed by atoms with van der Waals surface area (Å²) >= 11 is 0. The van der Waals surface area contributed by atoms with Crippen LogP contribution in [0, 0.1) is 5.92 Å². The third-order valence-corrected chi connectivity index (χ3v) is 5.23. The van der Waals surface area contributed by atoms with E-state index in [1.54, 1.807) is 19.0 Å². The minimum absolute atomic E-state index is 0.0473. The molecule has 0 N–H and O–H groups in total. The smallest absolute Gasteiger partial charge is 0.319 e. The van der Waals surface area contributed by atoms with Crippen molar-refractivity contribution >= 4 is 11.9 Å². The molecule has 2 aliphatic heterocycles. The highest BCUT2D eigenvalue weighted by Gasteiger charge is 2.31. The lowest BCUT2D eigenvalue weighted by Gasteiger charge is -2.35. The number of rotatable bonds is 1. The van der Waals surface area contributed by atoms with Crippen LogP contribution in [0.1, 0.15) is 24.0 Å². The quantitative estimate of drug-likeness (QED) is 0.791. The van der Waals surface area contributed by atoms with Crippen LogP contribution in [-0.4, -0.2) is 66.9 Å². The van der Waals surface area contributed by atoms with Crippen LogP contribution in [0.3, 0.4) is 0 Å². The first-order valence-corrected chi connectivity index (χ1v) is 8.88. The number of carbonyl (C=O) groups excluding carboxylic acids is 2. The Balaban J connectivity index is 1.56. The normalized spacial score (nSPS) is 18.8. The molecule has 1 aromatic rings. The predicted octanol–water partition coefficient (Wildman–Crippen LogP) is 2.01. The van der Waals surface area contributed by atoms with E-state index < -0.39 is 0 Å². The van der Waals surface area contributed by atoms with Gasteiger partial charge in [-0.05, 0) is 36.8 Å². The van der Waals surface area contributed by atoms with Gasteiger partial charge >= 0.3 is 6.03 Å². The number of nitrogens with zero attached hydrogens (tertiary/aromatic N) is 3. The minimum Gasteiger partial charge on any atom is -0.342 e. The van der Waals surface area contributed by atoms with Crippen molar-refractivity contribution in [2.24, 2.45) is 5.92 Å². The molecule has 1 saturated heterocycles. The van der Waals surface area contributed by atoms with Gasteiger partial charge in [-0.2, -0.15) is 0 Å². The van der Waals surface area contributed by atoms with Gasteiger partial charge in [-0.25, -0.2) is 4.79 Å². The second-order valence-corrected chi connectivity index (χ2v) is 7.03. The van der Waals surface area contributed by atoms with Crippen molar-refractivity contribution in [2.75, 3.05) is 40.3 Å². The molecule has 0 unspecified atom stereocenters. The van der Waals surface area contributed by atoms with E-state index in [9.17, 15) is 9.59 Å². The van der Waals surface area contributed by atoms with E-state index in [4.69, 9.17) is 0 Å². The van der Waals surface area contributed by atoms with Crippen molar-refractivity contribution in [3.05, 3.63) is 35.4 Å². The first-order valence-electron chi connectivity index (χ1n) is 8.88. The topological polar surface area (TPSA) is 43.9 Å². The van der Waals surface area contributed by atoms with Gasteiger partial charge in [0.05, 0.1) is 0 Å². The Hall–Kier alpha value is -2.04.